The molecule has 6 aromatic heterocycles. The second kappa shape index (κ2) is 24.5. The predicted octanol–water partition coefficient (Wildman–Crippen LogP) is 24.4. The van der Waals surface area contributed by atoms with Gasteiger partial charge in [0.25, 0.3) is 0 Å². The Balaban J connectivity index is 1.05. The van der Waals surface area contributed by atoms with Crippen LogP contribution in [0, 0.1) is 45.3 Å². The van der Waals surface area contributed by atoms with Gasteiger partial charge in [0, 0.05) is 65.1 Å². The van der Waals surface area contributed by atoms with Gasteiger partial charge in [-0.05, 0) is 196 Å². The van der Waals surface area contributed by atoms with Gasteiger partial charge in [0.05, 0.1) is 102 Å². The number of rotatable bonds is 10. The topological polar surface area (TPSA) is 133 Å². The van der Waals surface area contributed by atoms with Gasteiger partial charge in [-0.15, -0.1) is 0 Å². The molecule has 21 aromatic rings. The Morgan fingerprint density at radius 2 is 0.468 bits per heavy atom. The maximum Gasteiger partial charge on any atom is 0.165 e. The molecule has 0 bridgehead atoms. The smallest absolute Gasteiger partial charge is 0.165 e. The summed E-state index contributed by atoms with van der Waals surface area (Å²) in [5.74, 6) is 1.14. The minimum atomic E-state index is 0.463. The molecule has 0 spiro atoms. The lowest BCUT2D eigenvalue weighted by molar-refractivity contribution is 0.961. The van der Waals surface area contributed by atoms with E-state index in [4.69, 9.17) is 4.98 Å². The first-order valence-electron chi connectivity index (χ1n) is 36.2. The average molecular weight is 1390 g/mol. The number of benzene rings is 15. The van der Waals surface area contributed by atoms with E-state index in [0.717, 1.165) is 170 Å². The average Bonchev–Trinajstić information content (AvgIpc) is 1.55. The van der Waals surface area contributed by atoms with Crippen molar-refractivity contribution in [3.63, 3.8) is 0 Å². The number of para-hydroxylation sites is 2. The van der Waals surface area contributed by atoms with Gasteiger partial charge >= 0.3 is 0 Å². The summed E-state index contributed by atoms with van der Waals surface area (Å²) in [6, 6.07) is 129. The molecule has 0 fully saturated rings. The molecule has 21 rings (SSSR count). The van der Waals surface area contributed by atoms with Crippen molar-refractivity contribution in [2.45, 2.75) is 0 Å². The molecule has 0 atom stereocenters. The van der Waals surface area contributed by atoms with Crippen LogP contribution < -0.4 is 0 Å². The van der Waals surface area contributed by atoms with Crippen molar-refractivity contribution in [3.8, 4) is 109 Å². The largest absolute Gasteiger partial charge is 0.309 e. The zero-order valence-corrected chi connectivity index (χ0v) is 58.3. The molecular weight excluding hydrogens is 1330 g/mol. The van der Waals surface area contributed by atoms with Gasteiger partial charge in [-0.3, -0.25) is 9.13 Å². The first kappa shape index (κ1) is 62.0. The Bertz CT molecular complexity index is 6910. The van der Waals surface area contributed by atoms with E-state index < -0.39 is 0 Å². The van der Waals surface area contributed by atoms with Crippen LogP contribution in [0.25, 0.3) is 193 Å². The van der Waals surface area contributed by atoms with Crippen LogP contribution >= 0.6 is 0 Å². The van der Waals surface area contributed by atoms with Gasteiger partial charge in [-0.25, -0.2) is 4.98 Å². The van der Waals surface area contributed by atoms with E-state index in [0.29, 0.717) is 45.3 Å². The number of nitrogens with zero attached hydrogens (tertiary/aromatic N) is 10. The maximum absolute atomic E-state index is 10.9. The normalized spacial score (nSPS) is 11.6. The quantitative estimate of drug-likeness (QED) is 0.134. The van der Waals surface area contributed by atoms with Crippen LogP contribution in [0.4, 0.5) is 0 Å². The lowest BCUT2D eigenvalue weighted by Crippen LogP contribution is -2.16. The van der Waals surface area contributed by atoms with Crippen LogP contribution in [0.1, 0.15) is 22.3 Å². The highest BCUT2D eigenvalue weighted by Gasteiger charge is 2.34. The Hall–Kier alpha value is -15.6. The van der Waals surface area contributed by atoms with E-state index in [1.54, 1.807) is 0 Å². The summed E-state index contributed by atoms with van der Waals surface area (Å²) in [7, 11) is 0. The zero-order chi connectivity index (χ0) is 72.5. The molecule has 0 aliphatic carbocycles. The molecule has 0 aliphatic heterocycles. The summed E-state index contributed by atoms with van der Waals surface area (Å²) in [5, 5.41) is 52.9. The van der Waals surface area contributed by atoms with Gasteiger partial charge in [0.15, 0.2) is 11.6 Å². The minimum Gasteiger partial charge on any atom is -0.309 e. The predicted molar refractivity (Wildman–Crippen MR) is 442 cm³/mol. The van der Waals surface area contributed by atoms with Crippen molar-refractivity contribution < 1.29 is 0 Å². The molecule has 0 saturated carbocycles. The zero-order valence-electron chi connectivity index (χ0n) is 58.3. The monoisotopic (exact) mass is 1380 g/mol. The molecular formula is C99H56N10. The summed E-state index contributed by atoms with van der Waals surface area (Å²) >= 11 is 0. The molecule has 0 unspecified atom stereocenters. The van der Waals surface area contributed by atoms with Crippen LogP contribution in [0.2, 0.25) is 0 Å². The number of aromatic nitrogens is 6. The van der Waals surface area contributed by atoms with Crippen LogP contribution in [-0.4, -0.2) is 27.8 Å². The first-order chi connectivity index (χ1) is 53.9. The fraction of sp³-hybridized carbons (Fsp3) is 0. The lowest BCUT2D eigenvalue weighted by atomic mass is 9.98. The number of hydrogen-bond acceptors (Lipinski definition) is 5. The van der Waals surface area contributed by atoms with Gasteiger partial charge in [0.1, 0.15) is 11.4 Å². The summed E-state index contributed by atoms with van der Waals surface area (Å²) in [6.07, 6.45) is 0. The third kappa shape index (κ3) is 9.61. The Morgan fingerprint density at radius 3 is 0.817 bits per heavy atom. The SMILES string of the molecule is N#Cc1ccc2c(c1)c1cc(C#N)ccc1n2-c1c(-n2c3ccc(-c4ccccc4)cc3c3cc(-c4ccccc4)ccc32)nc(-n2c3ccc(-c4ccccc4)cc3c3cc(-c4ccccc4)ccc32)c(-n2c3ccc(C#N)cc3c3cc(C#N)ccc32)c1-c1ccc2c3ccccc3n(-c3ccccc3)c2c1. The van der Waals surface area contributed by atoms with Crippen molar-refractivity contribution >= 4 is 109 Å². The summed E-state index contributed by atoms with van der Waals surface area (Å²) in [6.45, 7) is 0. The third-order valence-corrected chi connectivity index (χ3v) is 22.0. The van der Waals surface area contributed by atoms with E-state index in [2.05, 4.69) is 314 Å². The van der Waals surface area contributed by atoms with Crippen molar-refractivity contribution in [2.24, 2.45) is 0 Å². The maximum atomic E-state index is 10.9. The molecule has 0 aliphatic rings. The molecule has 109 heavy (non-hydrogen) atoms. The van der Waals surface area contributed by atoms with Gasteiger partial charge in [-0.1, -0.05) is 194 Å². The fourth-order valence-electron chi connectivity index (χ4n) is 17.1. The molecule has 0 radical (unpaired) electrons. The Morgan fingerprint density at radius 1 is 0.193 bits per heavy atom. The highest BCUT2D eigenvalue weighted by molar-refractivity contribution is 6.19. The van der Waals surface area contributed by atoms with Crippen molar-refractivity contribution in [2.75, 3.05) is 0 Å². The highest BCUT2D eigenvalue weighted by atomic mass is 15.2. The van der Waals surface area contributed by atoms with E-state index in [9.17, 15) is 21.0 Å². The minimum absolute atomic E-state index is 0.463. The molecule has 10 heteroatoms. The van der Waals surface area contributed by atoms with Crippen molar-refractivity contribution in [3.05, 3.63) is 362 Å². The van der Waals surface area contributed by atoms with Crippen molar-refractivity contribution in [1.29, 1.82) is 21.0 Å². The fourth-order valence-corrected chi connectivity index (χ4v) is 17.1. The number of pyridine rings is 1. The molecule has 15 aromatic carbocycles. The third-order valence-electron chi connectivity index (χ3n) is 22.0. The first-order valence-corrected chi connectivity index (χ1v) is 36.2. The van der Waals surface area contributed by atoms with E-state index in [-0.39, 0.29) is 0 Å². The van der Waals surface area contributed by atoms with E-state index in [1.165, 1.54) is 0 Å². The molecule has 502 valence electrons. The lowest BCUT2D eigenvalue weighted by Gasteiger charge is -2.27. The van der Waals surface area contributed by atoms with Crippen LogP contribution in [0.15, 0.2) is 340 Å². The van der Waals surface area contributed by atoms with Gasteiger partial charge in [-0.2, -0.15) is 21.0 Å². The highest BCUT2D eigenvalue weighted by Crippen LogP contribution is 2.51. The molecule has 6 heterocycles. The summed E-state index contributed by atoms with van der Waals surface area (Å²) < 4.78 is 11.7. The number of nitriles is 4. The van der Waals surface area contributed by atoms with Crippen LogP contribution in [0.3, 0.4) is 0 Å². The number of fused-ring (bicyclic) bond motifs is 15. The Labute approximate surface area is 624 Å². The Kier molecular flexibility index (Phi) is 14.0. The molecule has 0 amide bonds. The summed E-state index contributed by atoms with van der Waals surface area (Å²) in [5.41, 5.74) is 22.9. The summed E-state index contributed by atoms with van der Waals surface area (Å²) in [4.78, 5) is 6.67. The second-order valence-electron chi connectivity index (χ2n) is 27.9. The van der Waals surface area contributed by atoms with E-state index in [1.807, 2.05) is 72.8 Å². The standard InChI is InChI=1S/C99H56N10/c100-57-61-30-40-86-77(48-61)78-49-62(58-101)31-41-87(78)106(86)96-95(73-34-39-76-75-28-16-17-29-85(75)105(94(76)56-73)74-26-14-5-15-27-74)97(107-88-42-32-63(59-102)50-79(88)80-51-64(60-103)33-43-89(80)107)99(109-92-46-37-71(67-22-10-3-11-23-67)54-83(92)84-55-72(38-47-93(84)109)68-24-12-4-13-25-68)104-98(96)108-90-44-35-69(65-18-6-1-7-19-65)52-81(90)82-53-70(36-45-91(82)108)66-20-8-2-9-21-66/h1-56H. The molecule has 10 nitrogen and oxygen atoms in total. The second-order valence-corrected chi connectivity index (χ2v) is 27.9. The van der Waals surface area contributed by atoms with Crippen molar-refractivity contribution in [1.82, 2.24) is 27.8 Å². The van der Waals surface area contributed by atoms with Gasteiger partial charge in [0.2, 0.25) is 0 Å². The van der Waals surface area contributed by atoms with Crippen LogP contribution in [-0.2, 0) is 0 Å². The number of hydrogen-bond donors (Lipinski definition) is 0. The molecule has 0 saturated heterocycles. The van der Waals surface area contributed by atoms with Gasteiger partial charge < -0.3 is 13.7 Å². The molecule has 0 N–H and O–H groups in total. The van der Waals surface area contributed by atoms with E-state index >= 15 is 0 Å². The van der Waals surface area contributed by atoms with Crippen LogP contribution in [0.5, 0.6) is 0 Å².